The van der Waals surface area contributed by atoms with Gasteiger partial charge in [-0.25, -0.2) is 8.42 Å². The number of carbonyl (C=O) groups is 1. The molecule has 0 bridgehead atoms. The topological polar surface area (TPSA) is 60.9 Å². The summed E-state index contributed by atoms with van der Waals surface area (Å²) >= 11 is 3.55. The molecule has 1 saturated heterocycles. The molecule has 2 aliphatic rings. The Hall–Kier alpha value is -1.12. The van der Waals surface area contributed by atoms with Gasteiger partial charge in [0, 0.05) is 42.9 Å². The van der Waals surface area contributed by atoms with Crippen LogP contribution in [0, 0.1) is 6.92 Å². The van der Waals surface area contributed by atoms with E-state index in [4.69, 9.17) is 0 Å². The Labute approximate surface area is 158 Å². The fourth-order valence-corrected chi connectivity index (χ4v) is 5.16. The van der Waals surface area contributed by atoms with Gasteiger partial charge in [-0.15, -0.1) is 0 Å². The van der Waals surface area contributed by atoms with Crippen molar-refractivity contribution in [2.45, 2.75) is 19.8 Å². The van der Waals surface area contributed by atoms with Gasteiger partial charge in [0.2, 0.25) is 15.9 Å². The minimum Gasteiger partial charge on any atom is -0.362 e. The van der Waals surface area contributed by atoms with Crippen molar-refractivity contribution in [1.29, 1.82) is 0 Å². The summed E-state index contributed by atoms with van der Waals surface area (Å²) in [5, 5.41) is 0. The van der Waals surface area contributed by atoms with Gasteiger partial charge < -0.3 is 9.80 Å². The molecule has 0 spiro atoms. The molecule has 2 aliphatic heterocycles. The predicted octanol–water partition coefficient (Wildman–Crippen LogP) is 1.61. The van der Waals surface area contributed by atoms with E-state index in [0.29, 0.717) is 32.7 Å². The van der Waals surface area contributed by atoms with Crippen molar-refractivity contribution in [3.63, 3.8) is 0 Å². The molecule has 0 radical (unpaired) electrons. The summed E-state index contributed by atoms with van der Waals surface area (Å²) in [6.07, 6.45) is 3.29. The fraction of sp³-hybridized carbons (Fsp3) is 0.588. The van der Waals surface area contributed by atoms with Crippen LogP contribution in [0.15, 0.2) is 16.6 Å². The Morgan fingerprint density at radius 2 is 1.84 bits per heavy atom. The zero-order valence-corrected chi connectivity index (χ0v) is 17.1. The molecule has 0 atom stereocenters. The van der Waals surface area contributed by atoms with Crippen LogP contribution in [-0.2, 0) is 21.2 Å². The van der Waals surface area contributed by atoms with Crippen molar-refractivity contribution in [3.05, 3.63) is 27.7 Å². The lowest BCUT2D eigenvalue weighted by atomic mass is 9.98. The van der Waals surface area contributed by atoms with Crippen molar-refractivity contribution in [2.24, 2.45) is 0 Å². The van der Waals surface area contributed by atoms with E-state index in [1.165, 1.54) is 27.4 Å². The highest BCUT2D eigenvalue weighted by molar-refractivity contribution is 9.10. The number of carbonyl (C=O) groups excluding carboxylic acids is 1. The van der Waals surface area contributed by atoms with Crippen LogP contribution < -0.4 is 4.90 Å². The van der Waals surface area contributed by atoms with Gasteiger partial charge in [-0.1, -0.05) is 15.9 Å². The molecule has 0 aliphatic carbocycles. The fourth-order valence-electron chi connectivity index (χ4n) is 3.71. The Balaban J connectivity index is 1.68. The van der Waals surface area contributed by atoms with E-state index < -0.39 is 10.0 Å². The van der Waals surface area contributed by atoms with Gasteiger partial charge in [0.05, 0.1) is 12.8 Å². The molecule has 8 heteroatoms. The lowest BCUT2D eigenvalue weighted by Crippen LogP contribution is -2.52. The van der Waals surface area contributed by atoms with Gasteiger partial charge in [-0.2, -0.15) is 4.31 Å². The largest absolute Gasteiger partial charge is 0.362 e. The first-order valence-electron chi connectivity index (χ1n) is 8.52. The lowest BCUT2D eigenvalue weighted by Gasteiger charge is -2.37. The van der Waals surface area contributed by atoms with Crippen LogP contribution in [0.1, 0.15) is 17.5 Å². The van der Waals surface area contributed by atoms with E-state index in [1.807, 2.05) is 0 Å². The van der Waals surface area contributed by atoms with Crippen LogP contribution in [0.4, 0.5) is 5.69 Å². The van der Waals surface area contributed by atoms with Crippen LogP contribution in [0.25, 0.3) is 0 Å². The van der Waals surface area contributed by atoms with Crippen molar-refractivity contribution in [2.75, 3.05) is 50.4 Å². The van der Waals surface area contributed by atoms with Crippen LogP contribution in [0.5, 0.6) is 0 Å². The average Bonchev–Trinajstić information content (AvgIpc) is 2.53. The van der Waals surface area contributed by atoms with Crippen LogP contribution in [0.2, 0.25) is 0 Å². The van der Waals surface area contributed by atoms with Gasteiger partial charge >= 0.3 is 0 Å². The summed E-state index contributed by atoms with van der Waals surface area (Å²) in [6, 6.07) is 4.23. The molecule has 0 unspecified atom stereocenters. The molecule has 2 heterocycles. The maximum atomic E-state index is 12.7. The number of piperazine rings is 1. The molecule has 1 fully saturated rings. The average molecular weight is 430 g/mol. The molecule has 6 nitrogen and oxygen atoms in total. The van der Waals surface area contributed by atoms with Gasteiger partial charge in [-0.3, -0.25) is 4.79 Å². The van der Waals surface area contributed by atoms with E-state index in [-0.39, 0.29) is 5.91 Å². The second kappa shape index (κ2) is 7.25. The third-order valence-corrected chi connectivity index (χ3v) is 6.68. The third-order valence-electron chi connectivity index (χ3n) is 4.92. The molecule has 1 aromatic carbocycles. The first kappa shape index (κ1) is 18.7. The third kappa shape index (κ3) is 4.17. The second-order valence-corrected chi connectivity index (χ2v) is 9.70. The van der Waals surface area contributed by atoms with Crippen LogP contribution >= 0.6 is 15.9 Å². The predicted molar refractivity (Wildman–Crippen MR) is 102 cm³/mol. The van der Waals surface area contributed by atoms with E-state index in [1.54, 1.807) is 4.90 Å². The SMILES string of the molecule is Cc1cc(Br)cc2c1N(CC(=O)N1CCN(S(C)(=O)=O)CC1)CCC2. The first-order valence-corrected chi connectivity index (χ1v) is 11.2. The van der Waals surface area contributed by atoms with Gasteiger partial charge in [0.25, 0.3) is 0 Å². The van der Waals surface area contributed by atoms with E-state index in [0.717, 1.165) is 23.9 Å². The molecule has 1 aromatic rings. The number of sulfonamides is 1. The van der Waals surface area contributed by atoms with Crippen molar-refractivity contribution < 1.29 is 13.2 Å². The first-order chi connectivity index (χ1) is 11.8. The number of halogens is 1. The normalized spacial score (nSPS) is 19.0. The zero-order valence-electron chi connectivity index (χ0n) is 14.7. The molecule has 3 rings (SSSR count). The van der Waals surface area contributed by atoms with Crippen LogP contribution in [-0.4, -0.2) is 69.1 Å². The highest BCUT2D eigenvalue weighted by atomic mass is 79.9. The Bertz CT molecular complexity index is 774. The minimum absolute atomic E-state index is 0.0725. The highest BCUT2D eigenvalue weighted by Gasteiger charge is 2.28. The molecule has 138 valence electrons. The maximum Gasteiger partial charge on any atom is 0.242 e. The molecule has 0 saturated carbocycles. The number of rotatable bonds is 3. The molecular formula is C17H24BrN3O3S. The number of hydrogen-bond acceptors (Lipinski definition) is 4. The van der Waals surface area contributed by atoms with Gasteiger partial charge in [-0.05, 0) is 43.0 Å². The number of fused-ring (bicyclic) bond motifs is 1. The van der Waals surface area contributed by atoms with Gasteiger partial charge in [0.1, 0.15) is 0 Å². The smallest absolute Gasteiger partial charge is 0.242 e. The van der Waals surface area contributed by atoms with Crippen LogP contribution in [0.3, 0.4) is 0 Å². The van der Waals surface area contributed by atoms with E-state index in [9.17, 15) is 13.2 Å². The number of anilines is 1. The van der Waals surface area contributed by atoms with Gasteiger partial charge in [0.15, 0.2) is 0 Å². The quantitative estimate of drug-likeness (QED) is 0.731. The van der Waals surface area contributed by atoms with E-state index in [2.05, 4.69) is 39.9 Å². The molecule has 0 aromatic heterocycles. The maximum absolute atomic E-state index is 12.7. The second-order valence-electron chi connectivity index (χ2n) is 6.80. The number of hydrogen-bond donors (Lipinski definition) is 0. The standard InChI is InChI=1S/C17H24BrN3O3S/c1-13-10-15(18)11-14-4-3-5-20(17(13)14)12-16(22)19-6-8-21(9-7-19)25(2,23)24/h10-11H,3-9,12H2,1-2H3. The Morgan fingerprint density at radius 3 is 2.48 bits per heavy atom. The summed E-state index contributed by atoms with van der Waals surface area (Å²) < 4.78 is 25.7. The molecule has 1 amide bonds. The number of benzene rings is 1. The molecule has 0 N–H and O–H groups in total. The number of nitrogens with zero attached hydrogens (tertiary/aromatic N) is 3. The van der Waals surface area contributed by atoms with Crippen molar-refractivity contribution in [3.8, 4) is 0 Å². The minimum atomic E-state index is -3.17. The van der Waals surface area contributed by atoms with Crippen molar-refractivity contribution >= 4 is 37.5 Å². The van der Waals surface area contributed by atoms with E-state index >= 15 is 0 Å². The summed E-state index contributed by atoms with van der Waals surface area (Å²) in [6.45, 7) is 5.01. The van der Waals surface area contributed by atoms with Crippen molar-refractivity contribution in [1.82, 2.24) is 9.21 Å². The number of amides is 1. The molecule has 25 heavy (non-hydrogen) atoms. The zero-order chi connectivity index (χ0) is 18.2. The monoisotopic (exact) mass is 429 g/mol. The molecular weight excluding hydrogens is 406 g/mol. The lowest BCUT2D eigenvalue weighted by molar-refractivity contribution is -0.130. The summed E-state index contributed by atoms with van der Waals surface area (Å²) in [7, 11) is -3.17. The summed E-state index contributed by atoms with van der Waals surface area (Å²) in [5.74, 6) is 0.0725. The highest BCUT2D eigenvalue weighted by Crippen LogP contribution is 2.33. The Kier molecular flexibility index (Phi) is 5.41. The Morgan fingerprint density at radius 1 is 1.16 bits per heavy atom. The summed E-state index contributed by atoms with van der Waals surface area (Å²) in [5.41, 5.74) is 3.64. The number of aryl methyl sites for hydroxylation is 2. The summed E-state index contributed by atoms with van der Waals surface area (Å²) in [4.78, 5) is 16.7.